The van der Waals surface area contributed by atoms with Crippen molar-refractivity contribution in [3.63, 3.8) is 0 Å². The summed E-state index contributed by atoms with van der Waals surface area (Å²) in [5.41, 5.74) is 2.38. The zero-order chi connectivity index (χ0) is 24.9. The van der Waals surface area contributed by atoms with Crippen molar-refractivity contribution in [2.24, 2.45) is 0 Å². The lowest BCUT2D eigenvalue weighted by Gasteiger charge is -2.34. The molecule has 1 aliphatic rings. The van der Waals surface area contributed by atoms with Crippen molar-refractivity contribution in [2.45, 2.75) is 50.8 Å². The quantitative estimate of drug-likeness (QED) is 0.531. The van der Waals surface area contributed by atoms with Crippen LogP contribution in [0.15, 0.2) is 53.4 Å². The van der Waals surface area contributed by atoms with Gasteiger partial charge in [0.15, 0.2) is 6.61 Å². The molecule has 184 valence electrons. The second-order valence-electron chi connectivity index (χ2n) is 8.60. The van der Waals surface area contributed by atoms with E-state index in [0.29, 0.717) is 6.54 Å². The number of morpholine rings is 1. The molecule has 0 saturated carbocycles. The maximum atomic E-state index is 12.9. The Bertz CT molecular complexity index is 1090. The summed E-state index contributed by atoms with van der Waals surface area (Å²) in [5.74, 6) is -1.02. The number of nitrogens with zero attached hydrogens (tertiary/aromatic N) is 2. The Balaban J connectivity index is 1.55. The van der Waals surface area contributed by atoms with Gasteiger partial charge in [0.25, 0.3) is 5.91 Å². The number of likely N-dealkylation sites (N-methyl/N-ethyl adjacent to an activating group) is 1. The minimum Gasteiger partial charge on any atom is -0.452 e. The lowest BCUT2D eigenvalue weighted by Crippen LogP contribution is -2.48. The maximum Gasteiger partial charge on any atom is 0.338 e. The number of hydrogen-bond acceptors (Lipinski definition) is 6. The molecule has 2 aromatic carbocycles. The minimum atomic E-state index is -3.70. The van der Waals surface area contributed by atoms with Gasteiger partial charge in [0.1, 0.15) is 0 Å². The van der Waals surface area contributed by atoms with E-state index >= 15 is 0 Å². The van der Waals surface area contributed by atoms with Crippen LogP contribution >= 0.6 is 0 Å². The zero-order valence-electron chi connectivity index (χ0n) is 20.1. The molecular formula is C25H32N2O6S. The molecule has 9 heteroatoms. The van der Waals surface area contributed by atoms with Gasteiger partial charge in [-0.25, -0.2) is 13.2 Å². The molecular weight excluding hydrogens is 456 g/mol. The number of carbonyl (C=O) groups is 2. The SMILES string of the molecule is CCc1ccc(CN(C)C(=O)COC(=O)c2ccc(S(=O)(=O)N3CC(C)OC(C)C3)cc2)cc1. The molecule has 8 nitrogen and oxygen atoms in total. The molecule has 1 saturated heterocycles. The highest BCUT2D eigenvalue weighted by Gasteiger charge is 2.32. The molecule has 0 aromatic heterocycles. The van der Waals surface area contributed by atoms with Crippen molar-refractivity contribution in [3.05, 3.63) is 65.2 Å². The van der Waals surface area contributed by atoms with E-state index in [2.05, 4.69) is 6.92 Å². The fourth-order valence-electron chi connectivity index (χ4n) is 3.80. The summed E-state index contributed by atoms with van der Waals surface area (Å²) in [6, 6.07) is 13.5. The molecule has 34 heavy (non-hydrogen) atoms. The first kappa shape index (κ1) is 25.9. The second-order valence-corrected chi connectivity index (χ2v) is 10.5. The van der Waals surface area contributed by atoms with Gasteiger partial charge in [0.2, 0.25) is 10.0 Å². The molecule has 2 atom stereocenters. The van der Waals surface area contributed by atoms with E-state index in [-0.39, 0.29) is 41.7 Å². The number of benzene rings is 2. The predicted molar refractivity (Wildman–Crippen MR) is 128 cm³/mol. The van der Waals surface area contributed by atoms with Crippen LogP contribution in [0.4, 0.5) is 0 Å². The van der Waals surface area contributed by atoms with Crippen molar-refractivity contribution < 1.29 is 27.5 Å². The molecule has 1 heterocycles. The van der Waals surface area contributed by atoms with E-state index in [9.17, 15) is 18.0 Å². The van der Waals surface area contributed by atoms with Gasteiger partial charge in [0, 0.05) is 26.7 Å². The normalized spacial score (nSPS) is 18.9. The number of sulfonamides is 1. The summed E-state index contributed by atoms with van der Waals surface area (Å²) in [6.45, 7) is 6.30. The molecule has 0 spiro atoms. The van der Waals surface area contributed by atoms with Crippen LogP contribution in [-0.4, -0.2) is 68.5 Å². The molecule has 0 bridgehead atoms. The third-order valence-corrected chi connectivity index (χ3v) is 7.56. The van der Waals surface area contributed by atoms with Crippen molar-refractivity contribution in [3.8, 4) is 0 Å². The van der Waals surface area contributed by atoms with Crippen LogP contribution in [0.5, 0.6) is 0 Å². The number of aryl methyl sites for hydroxylation is 1. The van der Waals surface area contributed by atoms with Crippen molar-refractivity contribution in [1.29, 1.82) is 0 Å². The van der Waals surface area contributed by atoms with E-state index in [4.69, 9.17) is 9.47 Å². The Morgan fingerprint density at radius 1 is 1.00 bits per heavy atom. The van der Waals surface area contributed by atoms with Crippen LogP contribution in [0, 0.1) is 0 Å². The van der Waals surface area contributed by atoms with Crippen LogP contribution in [0.2, 0.25) is 0 Å². The molecule has 0 radical (unpaired) electrons. The molecule has 1 aliphatic heterocycles. The number of carbonyl (C=O) groups excluding carboxylic acids is 2. The average Bonchev–Trinajstić information content (AvgIpc) is 2.82. The lowest BCUT2D eigenvalue weighted by molar-refractivity contribution is -0.133. The highest BCUT2D eigenvalue weighted by molar-refractivity contribution is 7.89. The standard InChI is InChI=1S/C25H32N2O6S/c1-5-20-6-8-21(9-7-20)16-26(4)24(28)17-32-25(29)22-10-12-23(13-11-22)34(30,31)27-14-18(2)33-19(3)15-27/h6-13,18-19H,5,14-17H2,1-4H3. The minimum absolute atomic E-state index is 0.0928. The second kappa shape index (κ2) is 11.1. The van der Waals surface area contributed by atoms with Crippen LogP contribution in [0.3, 0.4) is 0 Å². The van der Waals surface area contributed by atoms with Crippen molar-refractivity contribution in [2.75, 3.05) is 26.7 Å². The predicted octanol–water partition coefficient (Wildman–Crippen LogP) is 2.86. The van der Waals surface area contributed by atoms with Crippen LogP contribution in [-0.2, 0) is 37.3 Å². The molecule has 2 aromatic rings. The number of hydrogen-bond donors (Lipinski definition) is 0. The molecule has 1 fully saturated rings. The highest BCUT2D eigenvalue weighted by Crippen LogP contribution is 2.21. The molecule has 3 rings (SSSR count). The average molecular weight is 489 g/mol. The summed E-state index contributed by atoms with van der Waals surface area (Å²) in [5, 5.41) is 0. The Hall–Kier alpha value is -2.75. The van der Waals surface area contributed by atoms with Gasteiger partial charge < -0.3 is 14.4 Å². The van der Waals surface area contributed by atoms with E-state index < -0.39 is 22.6 Å². The largest absolute Gasteiger partial charge is 0.452 e. The van der Waals surface area contributed by atoms with E-state index in [1.165, 1.54) is 39.0 Å². The lowest BCUT2D eigenvalue weighted by atomic mass is 10.1. The Kier molecular flexibility index (Phi) is 8.46. The van der Waals surface area contributed by atoms with E-state index in [0.717, 1.165) is 12.0 Å². The Labute approximate surface area is 201 Å². The number of ether oxygens (including phenoxy) is 2. The Morgan fingerprint density at radius 2 is 1.56 bits per heavy atom. The summed E-state index contributed by atoms with van der Waals surface area (Å²) in [7, 11) is -2.05. The van der Waals surface area contributed by atoms with Gasteiger partial charge in [-0.2, -0.15) is 4.31 Å². The highest BCUT2D eigenvalue weighted by atomic mass is 32.2. The topological polar surface area (TPSA) is 93.2 Å². The number of esters is 1. The maximum absolute atomic E-state index is 12.9. The van der Waals surface area contributed by atoms with Crippen molar-refractivity contribution in [1.82, 2.24) is 9.21 Å². The summed E-state index contributed by atoms with van der Waals surface area (Å²) < 4.78 is 38.0. The van der Waals surface area contributed by atoms with E-state index in [1.54, 1.807) is 7.05 Å². The molecule has 0 aliphatic carbocycles. The van der Waals surface area contributed by atoms with Crippen molar-refractivity contribution >= 4 is 21.9 Å². The third kappa shape index (κ3) is 6.43. The summed E-state index contributed by atoms with van der Waals surface area (Å²) >= 11 is 0. The summed E-state index contributed by atoms with van der Waals surface area (Å²) in [6.07, 6.45) is 0.557. The number of rotatable bonds is 8. The fraction of sp³-hybridized carbons (Fsp3) is 0.440. The third-order valence-electron chi connectivity index (χ3n) is 5.72. The van der Waals surface area contributed by atoms with Gasteiger partial charge in [0.05, 0.1) is 22.7 Å². The van der Waals surface area contributed by atoms with Crippen LogP contribution in [0.1, 0.15) is 42.3 Å². The smallest absolute Gasteiger partial charge is 0.338 e. The molecule has 2 unspecified atom stereocenters. The van der Waals surface area contributed by atoms with Gasteiger partial charge in [-0.1, -0.05) is 31.2 Å². The molecule has 1 amide bonds. The van der Waals surface area contributed by atoms with Gasteiger partial charge in [-0.3, -0.25) is 4.79 Å². The van der Waals surface area contributed by atoms with Gasteiger partial charge >= 0.3 is 5.97 Å². The van der Waals surface area contributed by atoms with Crippen LogP contribution in [0.25, 0.3) is 0 Å². The first-order chi connectivity index (χ1) is 16.1. The van der Waals surface area contributed by atoms with E-state index in [1.807, 2.05) is 38.1 Å². The zero-order valence-corrected chi connectivity index (χ0v) is 20.9. The monoisotopic (exact) mass is 488 g/mol. The van der Waals surface area contributed by atoms with Gasteiger partial charge in [-0.05, 0) is 55.7 Å². The first-order valence-corrected chi connectivity index (χ1v) is 12.8. The fourth-order valence-corrected chi connectivity index (χ4v) is 5.39. The first-order valence-electron chi connectivity index (χ1n) is 11.3. The summed E-state index contributed by atoms with van der Waals surface area (Å²) in [4.78, 5) is 26.3. The Morgan fingerprint density at radius 3 is 2.12 bits per heavy atom. The van der Waals surface area contributed by atoms with Gasteiger partial charge in [-0.15, -0.1) is 0 Å². The van der Waals surface area contributed by atoms with Crippen LogP contribution < -0.4 is 0 Å². The molecule has 0 N–H and O–H groups in total. The number of amides is 1.